The number of nitrogens with zero attached hydrogens (tertiary/aromatic N) is 2. The molecule has 166 valence electrons. The molecule has 8 nitrogen and oxygen atoms in total. The summed E-state index contributed by atoms with van der Waals surface area (Å²) in [5, 5.41) is 9.07. The molecule has 9 heteroatoms. The van der Waals surface area contributed by atoms with Crippen molar-refractivity contribution in [1.82, 2.24) is 4.98 Å². The average molecular weight is 447 g/mol. The first-order valence-electron chi connectivity index (χ1n) is 9.56. The van der Waals surface area contributed by atoms with Crippen LogP contribution in [0.1, 0.15) is 36.6 Å². The van der Waals surface area contributed by atoms with Gasteiger partial charge in [0, 0.05) is 30.6 Å². The molecule has 1 aromatic heterocycles. The topological polar surface area (TPSA) is 131 Å². The SMILES string of the molecule is CN1C(=O)/C(=C\c2cccc(F)c2)C(=O)c2cc(C(=O)O)ccc21.NC(=O)c1ccncc1. The number of carboxylic acid groups (broad SMARTS) is 1. The standard InChI is InChI=1S/C18H12FNO4.C6H6N2O/c1-20-15-6-5-11(18(23)24)9-13(15)16(21)14(17(20)22)8-10-3-2-4-12(19)7-10;7-6(9)5-1-3-8-4-2-5/h2-9H,1H3,(H,23,24);1-4H,(H2,7,9)/b14-8-;. The van der Waals surface area contributed by atoms with Crippen LogP contribution in [0.5, 0.6) is 0 Å². The van der Waals surface area contributed by atoms with Crippen molar-refractivity contribution in [2.75, 3.05) is 11.9 Å². The van der Waals surface area contributed by atoms with E-state index in [2.05, 4.69) is 4.98 Å². The monoisotopic (exact) mass is 447 g/mol. The molecule has 3 N–H and O–H groups in total. The molecular weight excluding hydrogens is 429 g/mol. The van der Waals surface area contributed by atoms with Crippen molar-refractivity contribution in [3.8, 4) is 0 Å². The number of anilines is 1. The molecule has 33 heavy (non-hydrogen) atoms. The van der Waals surface area contributed by atoms with Crippen LogP contribution in [0.25, 0.3) is 6.08 Å². The number of fused-ring (bicyclic) bond motifs is 1. The highest BCUT2D eigenvalue weighted by Gasteiger charge is 2.33. The van der Waals surface area contributed by atoms with Crippen LogP contribution < -0.4 is 10.6 Å². The number of primary amides is 1. The van der Waals surface area contributed by atoms with E-state index >= 15 is 0 Å². The number of hydrogen-bond acceptors (Lipinski definition) is 5. The number of pyridine rings is 1. The molecule has 0 atom stereocenters. The van der Waals surface area contributed by atoms with E-state index in [1.165, 1.54) is 66.8 Å². The zero-order valence-electron chi connectivity index (χ0n) is 17.4. The van der Waals surface area contributed by atoms with Crippen LogP contribution in [-0.4, -0.2) is 40.7 Å². The predicted octanol–water partition coefficient (Wildman–Crippen LogP) is 2.95. The van der Waals surface area contributed by atoms with Gasteiger partial charge >= 0.3 is 5.97 Å². The van der Waals surface area contributed by atoms with Crippen LogP contribution in [0.2, 0.25) is 0 Å². The Hall–Kier alpha value is -4.66. The maximum Gasteiger partial charge on any atom is 0.335 e. The second-order valence-electron chi connectivity index (χ2n) is 6.94. The van der Waals surface area contributed by atoms with E-state index in [0.29, 0.717) is 16.8 Å². The summed E-state index contributed by atoms with van der Waals surface area (Å²) in [6.07, 6.45) is 4.36. The van der Waals surface area contributed by atoms with Crippen molar-refractivity contribution in [2.24, 2.45) is 5.73 Å². The quantitative estimate of drug-likeness (QED) is 0.469. The summed E-state index contributed by atoms with van der Waals surface area (Å²) in [6.45, 7) is 0. The first kappa shape index (κ1) is 23.0. The molecule has 2 heterocycles. The number of aromatic nitrogens is 1. The maximum absolute atomic E-state index is 13.3. The van der Waals surface area contributed by atoms with Gasteiger partial charge in [0.05, 0.1) is 16.8 Å². The molecule has 2 aromatic carbocycles. The van der Waals surface area contributed by atoms with E-state index < -0.39 is 29.4 Å². The van der Waals surface area contributed by atoms with Crippen molar-refractivity contribution in [1.29, 1.82) is 0 Å². The molecule has 0 saturated heterocycles. The highest BCUT2D eigenvalue weighted by molar-refractivity contribution is 6.36. The second-order valence-corrected chi connectivity index (χ2v) is 6.94. The van der Waals surface area contributed by atoms with Crippen molar-refractivity contribution >= 4 is 35.3 Å². The fourth-order valence-corrected chi connectivity index (χ4v) is 3.08. The molecule has 0 bridgehead atoms. The zero-order valence-corrected chi connectivity index (χ0v) is 17.4. The lowest BCUT2D eigenvalue weighted by molar-refractivity contribution is -0.114. The molecule has 3 aromatic rings. The molecule has 0 aliphatic carbocycles. The highest BCUT2D eigenvalue weighted by atomic mass is 19.1. The third kappa shape index (κ3) is 5.16. The Balaban J connectivity index is 0.000000286. The lowest BCUT2D eigenvalue weighted by Gasteiger charge is -2.26. The molecule has 2 amide bonds. The van der Waals surface area contributed by atoms with Crippen LogP contribution in [0.4, 0.5) is 10.1 Å². The molecule has 0 saturated carbocycles. The van der Waals surface area contributed by atoms with Gasteiger partial charge in [-0.1, -0.05) is 12.1 Å². The molecule has 0 radical (unpaired) electrons. The Morgan fingerprint density at radius 3 is 2.30 bits per heavy atom. The van der Waals surface area contributed by atoms with Crippen LogP contribution >= 0.6 is 0 Å². The predicted molar refractivity (Wildman–Crippen MR) is 118 cm³/mol. The number of carbonyl (C=O) groups is 4. The first-order valence-corrected chi connectivity index (χ1v) is 9.56. The molecule has 1 aliphatic heterocycles. The summed E-state index contributed by atoms with van der Waals surface area (Å²) < 4.78 is 13.3. The van der Waals surface area contributed by atoms with Gasteiger partial charge in [-0.05, 0) is 54.1 Å². The third-order valence-electron chi connectivity index (χ3n) is 4.75. The number of Topliss-reactive ketones (excluding diaryl/α,β-unsaturated/α-hetero) is 1. The summed E-state index contributed by atoms with van der Waals surface area (Å²) in [7, 11) is 1.49. The third-order valence-corrected chi connectivity index (χ3v) is 4.75. The maximum atomic E-state index is 13.3. The Morgan fingerprint density at radius 1 is 1.03 bits per heavy atom. The Kier molecular flexibility index (Phi) is 6.73. The van der Waals surface area contributed by atoms with E-state index in [9.17, 15) is 23.6 Å². The van der Waals surface area contributed by atoms with E-state index in [4.69, 9.17) is 10.8 Å². The van der Waals surface area contributed by atoms with Crippen molar-refractivity contribution in [3.05, 3.63) is 101 Å². The molecule has 0 fully saturated rings. The fourth-order valence-electron chi connectivity index (χ4n) is 3.08. The second kappa shape index (κ2) is 9.65. The van der Waals surface area contributed by atoms with Crippen LogP contribution in [0.15, 0.2) is 72.6 Å². The van der Waals surface area contributed by atoms with Gasteiger partial charge in [0.15, 0.2) is 0 Å². The van der Waals surface area contributed by atoms with E-state index in [0.717, 1.165) is 0 Å². The van der Waals surface area contributed by atoms with Gasteiger partial charge < -0.3 is 15.7 Å². The normalized spacial score (nSPS) is 13.8. The van der Waals surface area contributed by atoms with Gasteiger partial charge in [-0.25, -0.2) is 9.18 Å². The number of amides is 2. The van der Waals surface area contributed by atoms with Gasteiger partial charge in [-0.2, -0.15) is 0 Å². The Bertz CT molecular complexity index is 1290. The number of carboxylic acids is 1. The number of likely N-dealkylation sites (N-methyl/N-ethyl adjacent to an activating group) is 1. The van der Waals surface area contributed by atoms with Crippen LogP contribution in [0.3, 0.4) is 0 Å². The minimum Gasteiger partial charge on any atom is -0.478 e. The Labute approximate surface area is 187 Å². The summed E-state index contributed by atoms with van der Waals surface area (Å²) in [5.74, 6) is -3.18. The number of carbonyl (C=O) groups excluding carboxylic acids is 3. The molecule has 4 rings (SSSR count). The van der Waals surface area contributed by atoms with Gasteiger partial charge in [0.25, 0.3) is 5.91 Å². The van der Waals surface area contributed by atoms with Gasteiger partial charge in [0.2, 0.25) is 11.7 Å². The van der Waals surface area contributed by atoms with Crippen molar-refractivity contribution in [3.63, 3.8) is 0 Å². The number of benzene rings is 2. The largest absolute Gasteiger partial charge is 0.478 e. The Morgan fingerprint density at radius 2 is 1.73 bits per heavy atom. The van der Waals surface area contributed by atoms with Gasteiger partial charge in [-0.15, -0.1) is 0 Å². The van der Waals surface area contributed by atoms with E-state index in [1.807, 2.05) is 0 Å². The van der Waals surface area contributed by atoms with Crippen LogP contribution in [0, 0.1) is 5.82 Å². The smallest absolute Gasteiger partial charge is 0.335 e. The first-order chi connectivity index (χ1) is 15.7. The molecular formula is C24H18FN3O5. The van der Waals surface area contributed by atoms with E-state index in [1.54, 1.807) is 18.2 Å². The molecule has 1 aliphatic rings. The minimum atomic E-state index is -1.17. The summed E-state index contributed by atoms with van der Waals surface area (Å²) >= 11 is 0. The summed E-state index contributed by atoms with van der Waals surface area (Å²) in [6, 6.07) is 12.6. The highest BCUT2D eigenvalue weighted by Crippen LogP contribution is 2.31. The lowest BCUT2D eigenvalue weighted by atomic mass is 9.92. The minimum absolute atomic E-state index is 0.0463. The van der Waals surface area contributed by atoms with Crippen LogP contribution in [-0.2, 0) is 4.79 Å². The lowest BCUT2D eigenvalue weighted by Crippen LogP contribution is -2.36. The van der Waals surface area contributed by atoms with Crippen molar-refractivity contribution in [2.45, 2.75) is 0 Å². The summed E-state index contributed by atoms with van der Waals surface area (Å²) in [5.41, 5.74) is 6.09. The molecule has 0 spiro atoms. The number of aromatic carboxylic acids is 1. The number of hydrogen-bond donors (Lipinski definition) is 2. The molecule has 0 unspecified atom stereocenters. The summed E-state index contributed by atoms with van der Waals surface area (Å²) in [4.78, 5) is 51.6. The number of ketones is 1. The fraction of sp³-hybridized carbons (Fsp3) is 0.0417. The number of halogens is 1. The van der Waals surface area contributed by atoms with Crippen molar-refractivity contribution < 1.29 is 28.7 Å². The van der Waals surface area contributed by atoms with E-state index in [-0.39, 0.29) is 16.7 Å². The number of nitrogens with two attached hydrogens (primary N) is 1. The average Bonchev–Trinajstić information content (AvgIpc) is 2.81. The van der Waals surface area contributed by atoms with Gasteiger partial charge in [-0.3, -0.25) is 19.4 Å². The number of rotatable bonds is 3. The van der Waals surface area contributed by atoms with Gasteiger partial charge in [0.1, 0.15) is 5.82 Å². The zero-order chi connectivity index (χ0) is 24.1.